The smallest absolute Gasteiger partial charge is 0.138 e. The molecule has 0 spiro atoms. The highest BCUT2D eigenvalue weighted by atomic mass is 16.3. The molecule has 0 aromatic rings. The Labute approximate surface area is 72.3 Å². The van der Waals surface area contributed by atoms with Gasteiger partial charge in [-0.3, -0.25) is 4.79 Å². The van der Waals surface area contributed by atoms with E-state index >= 15 is 0 Å². The molecule has 0 aromatic carbocycles. The van der Waals surface area contributed by atoms with Gasteiger partial charge in [0.05, 0.1) is 0 Å². The second kappa shape index (κ2) is 3.02. The van der Waals surface area contributed by atoms with Gasteiger partial charge in [0.25, 0.3) is 0 Å². The molecule has 3 unspecified atom stereocenters. The number of aliphatic hydroxyl groups excluding tert-OH is 1. The van der Waals surface area contributed by atoms with Crippen molar-refractivity contribution in [2.24, 2.45) is 17.8 Å². The highest BCUT2D eigenvalue weighted by molar-refractivity contribution is 5.82. The van der Waals surface area contributed by atoms with Gasteiger partial charge in [0.1, 0.15) is 5.78 Å². The fraction of sp³-hybridized carbons (Fsp3) is 0.700. The number of aliphatic hydroxyl groups is 1. The Kier molecular flexibility index (Phi) is 2.01. The normalized spacial score (nSPS) is 37.6. The van der Waals surface area contributed by atoms with E-state index in [2.05, 4.69) is 12.2 Å². The van der Waals surface area contributed by atoms with Crippen LogP contribution in [0.25, 0.3) is 0 Å². The summed E-state index contributed by atoms with van der Waals surface area (Å²) < 4.78 is 0. The van der Waals surface area contributed by atoms with Gasteiger partial charge in [0, 0.05) is 18.9 Å². The van der Waals surface area contributed by atoms with E-state index in [1.54, 1.807) is 0 Å². The molecule has 2 bridgehead atoms. The lowest BCUT2D eigenvalue weighted by molar-refractivity contribution is -0.124. The van der Waals surface area contributed by atoms with Crippen LogP contribution < -0.4 is 0 Å². The van der Waals surface area contributed by atoms with E-state index in [-0.39, 0.29) is 18.3 Å². The number of carbonyl (C=O) groups is 1. The number of hydrogen-bond acceptors (Lipinski definition) is 2. The summed E-state index contributed by atoms with van der Waals surface area (Å²) in [5.74, 6) is 1.64. The molecule has 2 nitrogen and oxygen atoms in total. The molecule has 2 rings (SSSR count). The number of Topliss-reactive ketones (excluding diaryl/α,β-unsaturated/α-hetero) is 1. The summed E-state index contributed by atoms with van der Waals surface area (Å²) in [6.07, 6.45) is 6.95. The molecule has 3 atom stereocenters. The van der Waals surface area contributed by atoms with Crippen LogP contribution in [0.1, 0.15) is 19.3 Å². The fourth-order valence-corrected chi connectivity index (χ4v) is 2.45. The second-order valence-electron chi connectivity index (χ2n) is 3.83. The van der Waals surface area contributed by atoms with E-state index in [4.69, 9.17) is 5.11 Å². The quantitative estimate of drug-likeness (QED) is 0.638. The van der Waals surface area contributed by atoms with Crippen molar-refractivity contribution in [2.45, 2.75) is 19.3 Å². The summed E-state index contributed by atoms with van der Waals surface area (Å²) in [6.45, 7) is 0.0104. The third-order valence-corrected chi connectivity index (χ3v) is 3.05. The molecule has 0 aromatic heterocycles. The molecular formula is C10H14O2. The first-order valence-corrected chi connectivity index (χ1v) is 4.63. The molecule has 66 valence electrons. The zero-order chi connectivity index (χ0) is 8.55. The minimum Gasteiger partial charge on any atom is -0.396 e. The topological polar surface area (TPSA) is 37.3 Å². The Balaban J connectivity index is 1.98. The van der Waals surface area contributed by atoms with Crippen LogP contribution in [-0.4, -0.2) is 17.5 Å². The van der Waals surface area contributed by atoms with Gasteiger partial charge in [0.15, 0.2) is 0 Å². The molecule has 0 aliphatic heterocycles. The highest BCUT2D eigenvalue weighted by Crippen LogP contribution is 2.43. The minimum atomic E-state index is 0.0104. The number of carbonyl (C=O) groups excluding carboxylic acids is 1. The molecule has 2 heteroatoms. The lowest BCUT2D eigenvalue weighted by Crippen LogP contribution is -2.19. The van der Waals surface area contributed by atoms with Crippen molar-refractivity contribution in [1.29, 1.82) is 0 Å². The van der Waals surface area contributed by atoms with Gasteiger partial charge < -0.3 is 5.11 Å². The molecule has 1 N–H and O–H groups in total. The first kappa shape index (κ1) is 7.99. The first-order chi connectivity index (χ1) is 5.81. The predicted octanol–water partition coefficient (Wildman–Crippen LogP) is 1.15. The van der Waals surface area contributed by atoms with Gasteiger partial charge in [-0.25, -0.2) is 0 Å². The average Bonchev–Trinajstić information content (AvgIpc) is 2.64. The molecule has 0 saturated heterocycles. The third-order valence-electron chi connectivity index (χ3n) is 3.05. The number of fused-ring (bicyclic) bond motifs is 2. The first-order valence-electron chi connectivity index (χ1n) is 4.63. The van der Waals surface area contributed by atoms with E-state index in [9.17, 15) is 4.79 Å². The standard InChI is InChI=1S/C10H14O2/c11-4-3-10(12)9-6-7-1-2-8(9)5-7/h1-2,7-9,11H,3-6H2. The molecular weight excluding hydrogens is 152 g/mol. The third kappa shape index (κ3) is 1.20. The van der Waals surface area contributed by atoms with Crippen molar-refractivity contribution in [1.82, 2.24) is 0 Å². The zero-order valence-corrected chi connectivity index (χ0v) is 7.07. The van der Waals surface area contributed by atoms with Crippen LogP contribution in [0.5, 0.6) is 0 Å². The van der Waals surface area contributed by atoms with E-state index in [1.165, 1.54) is 6.42 Å². The second-order valence-corrected chi connectivity index (χ2v) is 3.83. The van der Waals surface area contributed by atoms with Crippen molar-refractivity contribution >= 4 is 5.78 Å². The van der Waals surface area contributed by atoms with E-state index in [1.807, 2.05) is 0 Å². The molecule has 0 radical (unpaired) electrons. The molecule has 2 aliphatic rings. The average molecular weight is 166 g/mol. The van der Waals surface area contributed by atoms with Crippen LogP contribution in [0.4, 0.5) is 0 Å². The van der Waals surface area contributed by atoms with Crippen LogP contribution in [0.3, 0.4) is 0 Å². The molecule has 2 aliphatic carbocycles. The highest BCUT2D eigenvalue weighted by Gasteiger charge is 2.38. The minimum absolute atomic E-state index is 0.0104. The van der Waals surface area contributed by atoms with Crippen LogP contribution in [0.15, 0.2) is 12.2 Å². The Hall–Kier alpha value is -0.630. The lowest BCUT2D eigenvalue weighted by Gasteiger charge is -2.15. The molecule has 0 amide bonds. The summed E-state index contributed by atoms with van der Waals surface area (Å²) >= 11 is 0. The van der Waals surface area contributed by atoms with Gasteiger partial charge in [-0.15, -0.1) is 0 Å². The predicted molar refractivity (Wildman–Crippen MR) is 45.6 cm³/mol. The maximum Gasteiger partial charge on any atom is 0.138 e. The summed E-state index contributed by atoms with van der Waals surface area (Å²) in [4.78, 5) is 11.4. The van der Waals surface area contributed by atoms with Crippen molar-refractivity contribution in [2.75, 3.05) is 6.61 Å². The van der Waals surface area contributed by atoms with Gasteiger partial charge in [0.2, 0.25) is 0 Å². The number of rotatable bonds is 3. The Bertz CT molecular complexity index is 220. The molecule has 1 fully saturated rings. The van der Waals surface area contributed by atoms with Crippen molar-refractivity contribution < 1.29 is 9.90 Å². The van der Waals surface area contributed by atoms with Crippen molar-refractivity contribution in [3.63, 3.8) is 0 Å². The van der Waals surface area contributed by atoms with Gasteiger partial charge >= 0.3 is 0 Å². The fourth-order valence-electron chi connectivity index (χ4n) is 2.45. The monoisotopic (exact) mass is 166 g/mol. The molecule has 1 saturated carbocycles. The lowest BCUT2D eigenvalue weighted by atomic mass is 9.88. The number of hydrogen-bond donors (Lipinski definition) is 1. The Morgan fingerprint density at radius 1 is 1.42 bits per heavy atom. The SMILES string of the molecule is O=C(CCO)C1CC2C=CC1C2. The Morgan fingerprint density at radius 3 is 2.75 bits per heavy atom. The van der Waals surface area contributed by atoms with E-state index in [0.29, 0.717) is 18.3 Å². The largest absolute Gasteiger partial charge is 0.396 e. The Morgan fingerprint density at radius 2 is 2.25 bits per heavy atom. The van der Waals surface area contributed by atoms with E-state index < -0.39 is 0 Å². The summed E-state index contributed by atoms with van der Waals surface area (Å²) in [6, 6.07) is 0. The summed E-state index contributed by atoms with van der Waals surface area (Å²) in [5.41, 5.74) is 0. The maximum absolute atomic E-state index is 11.4. The summed E-state index contributed by atoms with van der Waals surface area (Å²) in [5, 5.41) is 8.63. The molecule has 0 heterocycles. The van der Waals surface area contributed by atoms with E-state index in [0.717, 1.165) is 6.42 Å². The van der Waals surface area contributed by atoms with Crippen LogP contribution >= 0.6 is 0 Å². The van der Waals surface area contributed by atoms with Gasteiger partial charge in [-0.2, -0.15) is 0 Å². The zero-order valence-electron chi connectivity index (χ0n) is 7.07. The molecule has 12 heavy (non-hydrogen) atoms. The van der Waals surface area contributed by atoms with Crippen LogP contribution in [0.2, 0.25) is 0 Å². The number of ketones is 1. The van der Waals surface area contributed by atoms with Gasteiger partial charge in [-0.1, -0.05) is 12.2 Å². The van der Waals surface area contributed by atoms with Crippen molar-refractivity contribution in [3.8, 4) is 0 Å². The van der Waals surface area contributed by atoms with Crippen LogP contribution in [-0.2, 0) is 4.79 Å². The van der Waals surface area contributed by atoms with Crippen LogP contribution in [0, 0.1) is 17.8 Å². The van der Waals surface area contributed by atoms with Crippen molar-refractivity contribution in [3.05, 3.63) is 12.2 Å². The summed E-state index contributed by atoms with van der Waals surface area (Å²) in [7, 11) is 0. The number of allylic oxidation sites excluding steroid dienone is 2. The maximum atomic E-state index is 11.4. The van der Waals surface area contributed by atoms with Gasteiger partial charge in [-0.05, 0) is 24.7 Å².